The fraction of sp³-hybridized carbons (Fsp3) is 0.417. The molecule has 0 aliphatic carbocycles. The minimum Gasteiger partial charge on any atom is -0.480 e. The van der Waals surface area contributed by atoms with Crippen molar-refractivity contribution in [2.75, 3.05) is 0 Å². The van der Waals surface area contributed by atoms with Crippen LogP contribution in [0.25, 0.3) is 0 Å². The van der Waals surface area contributed by atoms with Crippen LogP contribution in [0.2, 0.25) is 0 Å². The second kappa shape index (κ2) is 6.02. The van der Waals surface area contributed by atoms with Gasteiger partial charge in [-0.15, -0.1) is 0 Å². The zero-order valence-electron chi connectivity index (χ0n) is 10.2. The lowest BCUT2D eigenvalue weighted by atomic mass is 10.1. The maximum absolute atomic E-state index is 11.5. The molecule has 4 nitrogen and oxygen atoms in total. The standard InChI is InChI=1S/C12H17BrN2O2/c1-7(2)11(12(16)15-14)17-9-4-5-10(13)8(3)6-9/h4-7,11H,14H2,1-3H3,(H,15,16). The topological polar surface area (TPSA) is 64.3 Å². The molecule has 1 unspecified atom stereocenters. The maximum Gasteiger partial charge on any atom is 0.275 e. The van der Waals surface area contributed by atoms with Crippen molar-refractivity contribution < 1.29 is 9.53 Å². The van der Waals surface area contributed by atoms with E-state index in [2.05, 4.69) is 21.4 Å². The highest BCUT2D eigenvalue weighted by molar-refractivity contribution is 9.10. The molecule has 0 heterocycles. The number of benzene rings is 1. The number of ether oxygens (including phenoxy) is 1. The van der Waals surface area contributed by atoms with E-state index in [1.54, 1.807) is 0 Å². The first-order valence-electron chi connectivity index (χ1n) is 5.39. The molecule has 0 aliphatic rings. The van der Waals surface area contributed by atoms with Crippen LogP contribution >= 0.6 is 15.9 Å². The lowest BCUT2D eigenvalue weighted by Gasteiger charge is -2.21. The lowest BCUT2D eigenvalue weighted by molar-refractivity contribution is -0.129. The number of rotatable bonds is 4. The molecule has 5 heteroatoms. The molecule has 0 saturated carbocycles. The third-order valence-corrected chi connectivity index (χ3v) is 3.29. The van der Waals surface area contributed by atoms with Gasteiger partial charge < -0.3 is 4.74 Å². The molecule has 1 aromatic carbocycles. The largest absolute Gasteiger partial charge is 0.480 e. The molecule has 1 amide bonds. The van der Waals surface area contributed by atoms with Crippen molar-refractivity contribution in [2.24, 2.45) is 11.8 Å². The monoisotopic (exact) mass is 300 g/mol. The smallest absolute Gasteiger partial charge is 0.275 e. The normalized spacial score (nSPS) is 12.4. The van der Waals surface area contributed by atoms with Gasteiger partial charge in [0.25, 0.3) is 5.91 Å². The quantitative estimate of drug-likeness (QED) is 0.509. The Morgan fingerprint density at radius 3 is 2.59 bits per heavy atom. The van der Waals surface area contributed by atoms with Crippen LogP contribution < -0.4 is 16.0 Å². The molecule has 0 aliphatic heterocycles. The van der Waals surface area contributed by atoms with Crippen molar-refractivity contribution >= 4 is 21.8 Å². The van der Waals surface area contributed by atoms with Crippen LogP contribution in [0.1, 0.15) is 19.4 Å². The number of nitrogens with one attached hydrogen (secondary N) is 1. The molecule has 1 atom stereocenters. The molecule has 0 aromatic heterocycles. The van der Waals surface area contributed by atoms with E-state index >= 15 is 0 Å². The average molecular weight is 301 g/mol. The Bertz CT molecular complexity index is 407. The Kier molecular flexibility index (Phi) is 4.96. The summed E-state index contributed by atoms with van der Waals surface area (Å²) in [4.78, 5) is 11.5. The van der Waals surface area contributed by atoms with Crippen LogP contribution in [0.3, 0.4) is 0 Å². The molecular weight excluding hydrogens is 284 g/mol. The molecule has 1 rings (SSSR count). The summed E-state index contributed by atoms with van der Waals surface area (Å²) in [5.74, 6) is 5.52. The van der Waals surface area contributed by atoms with Crippen molar-refractivity contribution in [1.29, 1.82) is 0 Å². The van der Waals surface area contributed by atoms with E-state index in [9.17, 15) is 4.79 Å². The minimum atomic E-state index is -0.583. The van der Waals surface area contributed by atoms with Gasteiger partial charge in [0.1, 0.15) is 5.75 Å². The summed E-state index contributed by atoms with van der Waals surface area (Å²) in [6, 6.07) is 5.59. The summed E-state index contributed by atoms with van der Waals surface area (Å²) in [5, 5.41) is 0. The van der Waals surface area contributed by atoms with Crippen LogP contribution in [0.5, 0.6) is 5.75 Å². The summed E-state index contributed by atoms with van der Waals surface area (Å²) in [6.07, 6.45) is -0.583. The van der Waals surface area contributed by atoms with Crippen molar-refractivity contribution in [3.05, 3.63) is 28.2 Å². The first-order valence-corrected chi connectivity index (χ1v) is 6.18. The summed E-state index contributed by atoms with van der Waals surface area (Å²) in [5.41, 5.74) is 3.17. The van der Waals surface area contributed by atoms with E-state index in [1.165, 1.54) is 0 Å². The van der Waals surface area contributed by atoms with Crippen LogP contribution in [0.4, 0.5) is 0 Å². The average Bonchev–Trinajstić information content (AvgIpc) is 2.29. The molecule has 0 saturated heterocycles. The molecule has 3 N–H and O–H groups in total. The second-order valence-electron chi connectivity index (χ2n) is 4.20. The van der Waals surface area contributed by atoms with Crippen LogP contribution in [-0.4, -0.2) is 12.0 Å². The highest BCUT2D eigenvalue weighted by Crippen LogP contribution is 2.23. The Morgan fingerprint density at radius 2 is 2.12 bits per heavy atom. The minimum absolute atomic E-state index is 0.0440. The molecular formula is C12H17BrN2O2. The third kappa shape index (κ3) is 3.71. The number of amides is 1. The van der Waals surface area contributed by atoms with Crippen molar-refractivity contribution in [2.45, 2.75) is 26.9 Å². The fourth-order valence-corrected chi connectivity index (χ4v) is 1.66. The molecule has 94 valence electrons. The predicted octanol–water partition coefficient (Wildman–Crippen LogP) is 2.15. The molecule has 1 aromatic rings. The van der Waals surface area contributed by atoms with Gasteiger partial charge in [-0.05, 0) is 36.6 Å². The van der Waals surface area contributed by atoms with Crippen molar-refractivity contribution in [3.8, 4) is 5.75 Å². The molecule has 17 heavy (non-hydrogen) atoms. The second-order valence-corrected chi connectivity index (χ2v) is 5.06. The first kappa shape index (κ1) is 14.0. The molecule has 0 bridgehead atoms. The lowest BCUT2D eigenvalue weighted by Crippen LogP contribution is -2.44. The van der Waals surface area contributed by atoms with E-state index in [4.69, 9.17) is 10.6 Å². The fourth-order valence-electron chi connectivity index (χ4n) is 1.41. The van der Waals surface area contributed by atoms with Gasteiger partial charge in [0.05, 0.1) is 0 Å². The number of carbonyl (C=O) groups is 1. The van der Waals surface area contributed by atoms with E-state index in [1.807, 2.05) is 39.0 Å². The number of hydrazine groups is 1. The highest BCUT2D eigenvalue weighted by atomic mass is 79.9. The number of hydrogen-bond donors (Lipinski definition) is 2. The Morgan fingerprint density at radius 1 is 1.47 bits per heavy atom. The van der Waals surface area contributed by atoms with Gasteiger partial charge in [0.2, 0.25) is 0 Å². The van der Waals surface area contributed by atoms with Gasteiger partial charge >= 0.3 is 0 Å². The maximum atomic E-state index is 11.5. The first-order chi connectivity index (χ1) is 7.95. The highest BCUT2D eigenvalue weighted by Gasteiger charge is 2.23. The number of hydrogen-bond acceptors (Lipinski definition) is 3. The van der Waals surface area contributed by atoms with Gasteiger partial charge in [-0.3, -0.25) is 10.2 Å². The number of carbonyl (C=O) groups excluding carboxylic acids is 1. The summed E-state index contributed by atoms with van der Waals surface area (Å²) < 4.78 is 6.66. The summed E-state index contributed by atoms with van der Waals surface area (Å²) in [6.45, 7) is 5.78. The molecule has 0 spiro atoms. The van der Waals surface area contributed by atoms with Crippen LogP contribution in [0, 0.1) is 12.8 Å². The van der Waals surface area contributed by atoms with Gasteiger partial charge in [-0.1, -0.05) is 29.8 Å². The van der Waals surface area contributed by atoms with E-state index < -0.39 is 6.10 Å². The SMILES string of the molecule is Cc1cc(OC(C(=O)NN)C(C)C)ccc1Br. The van der Waals surface area contributed by atoms with E-state index in [-0.39, 0.29) is 11.8 Å². The zero-order valence-corrected chi connectivity index (χ0v) is 11.7. The number of nitrogens with two attached hydrogens (primary N) is 1. The van der Waals surface area contributed by atoms with Gasteiger partial charge in [-0.2, -0.15) is 0 Å². The van der Waals surface area contributed by atoms with Crippen molar-refractivity contribution in [1.82, 2.24) is 5.43 Å². The zero-order chi connectivity index (χ0) is 13.0. The van der Waals surface area contributed by atoms with E-state index in [0.717, 1.165) is 10.0 Å². The van der Waals surface area contributed by atoms with Crippen LogP contribution in [-0.2, 0) is 4.79 Å². The molecule has 0 fully saturated rings. The summed E-state index contributed by atoms with van der Waals surface area (Å²) in [7, 11) is 0. The van der Waals surface area contributed by atoms with Crippen LogP contribution in [0.15, 0.2) is 22.7 Å². The molecule has 0 radical (unpaired) electrons. The van der Waals surface area contributed by atoms with Gasteiger partial charge in [0, 0.05) is 4.47 Å². The van der Waals surface area contributed by atoms with Gasteiger partial charge in [-0.25, -0.2) is 5.84 Å². The van der Waals surface area contributed by atoms with Gasteiger partial charge in [0.15, 0.2) is 6.10 Å². The number of halogens is 1. The number of aryl methyl sites for hydroxylation is 1. The Labute approximate surface area is 110 Å². The Balaban J connectivity index is 2.86. The third-order valence-electron chi connectivity index (χ3n) is 2.40. The Hall–Kier alpha value is -1.07. The van der Waals surface area contributed by atoms with E-state index in [0.29, 0.717) is 5.75 Å². The van der Waals surface area contributed by atoms with Crippen molar-refractivity contribution in [3.63, 3.8) is 0 Å². The predicted molar refractivity (Wildman–Crippen MR) is 70.5 cm³/mol. The summed E-state index contributed by atoms with van der Waals surface area (Å²) >= 11 is 3.41.